The number of anilines is 3. The van der Waals surface area contributed by atoms with E-state index in [1.807, 2.05) is 60.7 Å². The van der Waals surface area contributed by atoms with Gasteiger partial charge in [-0.25, -0.2) is 4.98 Å². The Kier molecular flexibility index (Phi) is 6.58. The zero-order valence-corrected chi connectivity index (χ0v) is 21.4. The number of likely N-dealkylation sites (N-methyl/N-ethyl adjacent to an activating group) is 1. The molecule has 1 saturated heterocycles. The van der Waals surface area contributed by atoms with E-state index in [-0.39, 0.29) is 11.6 Å². The van der Waals surface area contributed by atoms with Gasteiger partial charge < -0.3 is 15.1 Å². The van der Waals surface area contributed by atoms with Gasteiger partial charge in [0.2, 0.25) is 5.95 Å². The van der Waals surface area contributed by atoms with E-state index in [2.05, 4.69) is 51.4 Å². The third-order valence-electron chi connectivity index (χ3n) is 7.15. The fourth-order valence-corrected chi connectivity index (χ4v) is 5.06. The number of benzene rings is 3. The summed E-state index contributed by atoms with van der Waals surface area (Å²) < 4.78 is 1.77. The molecule has 1 N–H and O–H groups in total. The van der Waals surface area contributed by atoms with Gasteiger partial charge in [-0.05, 0) is 48.5 Å². The molecule has 0 aliphatic carbocycles. The molecule has 3 heterocycles. The van der Waals surface area contributed by atoms with Crippen molar-refractivity contribution >= 4 is 28.4 Å². The molecule has 38 heavy (non-hydrogen) atoms. The van der Waals surface area contributed by atoms with Crippen LogP contribution >= 0.6 is 0 Å². The third-order valence-corrected chi connectivity index (χ3v) is 7.15. The van der Waals surface area contributed by atoms with E-state index in [0.29, 0.717) is 11.6 Å². The minimum atomic E-state index is -0.320. The van der Waals surface area contributed by atoms with E-state index in [1.54, 1.807) is 22.9 Å². The van der Waals surface area contributed by atoms with Crippen molar-refractivity contribution in [2.24, 2.45) is 0 Å². The van der Waals surface area contributed by atoms with E-state index in [0.717, 1.165) is 48.4 Å². The van der Waals surface area contributed by atoms with Crippen molar-refractivity contribution in [2.75, 3.05) is 43.4 Å². The van der Waals surface area contributed by atoms with Crippen LogP contribution in [-0.4, -0.2) is 52.7 Å². The lowest BCUT2D eigenvalue weighted by Gasteiger charge is -2.34. The Hall–Kier alpha value is -4.49. The molecule has 0 unspecified atom stereocenters. The van der Waals surface area contributed by atoms with E-state index in [1.165, 1.54) is 5.69 Å². The first kappa shape index (κ1) is 23.9. The fraction of sp³-hybridized carbons (Fsp3) is 0.194. The van der Waals surface area contributed by atoms with Gasteiger partial charge in [-0.3, -0.25) is 9.36 Å². The van der Waals surface area contributed by atoms with Crippen LogP contribution in [0.1, 0.15) is 17.2 Å². The summed E-state index contributed by atoms with van der Waals surface area (Å²) in [6.07, 6.45) is 1.77. The van der Waals surface area contributed by atoms with Crippen LogP contribution in [0.5, 0.6) is 0 Å². The number of nitrogens with one attached hydrogen (secondary N) is 1. The molecule has 0 radical (unpaired) electrons. The number of piperazine rings is 1. The molecule has 0 atom stereocenters. The summed E-state index contributed by atoms with van der Waals surface area (Å²) in [5, 5.41) is 4.14. The van der Waals surface area contributed by atoms with Gasteiger partial charge in [0.15, 0.2) is 0 Å². The molecule has 0 spiro atoms. The molecule has 0 bridgehead atoms. The Balaban J connectivity index is 1.36. The molecule has 1 aliphatic rings. The Morgan fingerprint density at radius 3 is 2.03 bits per heavy atom. The van der Waals surface area contributed by atoms with Gasteiger partial charge in [0.05, 0.1) is 6.04 Å². The summed E-state index contributed by atoms with van der Waals surface area (Å²) in [5.41, 5.74) is 4.61. The minimum absolute atomic E-state index is 0.114. The van der Waals surface area contributed by atoms with Gasteiger partial charge in [0.25, 0.3) is 5.56 Å². The number of hydrogen-bond acceptors (Lipinski definition) is 6. The lowest BCUT2D eigenvalue weighted by molar-refractivity contribution is 0.313. The maximum absolute atomic E-state index is 13.4. The molecule has 7 nitrogen and oxygen atoms in total. The number of pyridine rings is 1. The van der Waals surface area contributed by atoms with Gasteiger partial charge in [0.1, 0.15) is 5.65 Å². The smallest absolute Gasteiger partial charge is 0.253 e. The molecule has 7 heteroatoms. The van der Waals surface area contributed by atoms with E-state index in [4.69, 9.17) is 4.98 Å². The first-order valence-corrected chi connectivity index (χ1v) is 12.9. The first-order chi connectivity index (χ1) is 18.7. The van der Waals surface area contributed by atoms with Gasteiger partial charge in [-0.1, -0.05) is 60.7 Å². The van der Waals surface area contributed by atoms with Crippen LogP contribution in [0.4, 0.5) is 17.3 Å². The summed E-state index contributed by atoms with van der Waals surface area (Å²) in [6, 6.07) is 31.6. The second kappa shape index (κ2) is 10.5. The summed E-state index contributed by atoms with van der Waals surface area (Å²) in [4.78, 5) is 27.5. The molecule has 190 valence electrons. The average molecular weight is 503 g/mol. The Morgan fingerprint density at radius 2 is 1.39 bits per heavy atom. The van der Waals surface area contributed by atoms with Crippen LogP contribution in [0.2, 0.25) is 0 Å². The molecule has 0 saturated carbocycles. The van der Waals surface area contributed by atoms with Crippen LogP contribution in [0.25, 0.3) is 11.0 Å². The second-order valence-corrected chi connectivity index (χ2v) is 9.70. The lowest BCUT2D eigenvalue weighted by Crippen LogP contribution is -2.44. The fourth-order valence-electron chi connectivity index (χ4n) is 5.06. The monoisotopic (exact) mass is 502 g/mol. The van der Waals surface area contributed by atoms with Crippen molar-refractivity contribution in [1.82, 2.24) is 19.4 Å². The Labute approximate surface area is 222 Å². The molecule has 1 fully saturated rings. The lowest BCUT2D eigenvalue weighted by atomic mass is 9.98. The molecule has 2 aromatic heterocycles. The summed E-state index contributed by atoms with van der Waals surface area (Å²) in [6.45, 7) is 4.19. The zero-order chi connectivity index (χ0) is 25.9. The summed E-state index contributed by atoms with van der Waals surface area (Å²) in [7, 11) is 2.16. The van der Waals surface area contributed by atoms with Gasteiger partial charge in [0, 0.05) is 55.2 Å². The topological polar surface area (TPSA) is 66.3 Å². The highest BCUT2D eigenvalue weighted by Gasteiger charge is 2.21. The van der Waals surface area contributed by atoms with Crippen molar-refractivity contribution in [3.8, 4) is 0 Å². The Bertz CT molecular complexity index is 1540. The van der Waals surface area contributed by atoms with Crippen LogP contribution in [0.15, 0.2) is 108 Å². The van der Waals surface area contributed by atoms with Gasteiger partial charge >= 0.3 is 0 Å². The van der Waals surface area contributed by atoms with Crippen molar-refractivity contribution < 1.29 is 0 Å². The minimum Gasteiger partial charge on any atom is -0.369 e. The standard InChI is InChI=1S/C31H30N6O/c1-35-18-20-36(21-19-35)27-15-13-26(14-16-27)33-31-32-22-25-12-17-28(38)37(30(25)34-31)29(23-8-4-2-5-9-23)24-10-6-3-7-11-24/h2-17,22,29H,18-21H2,1H3,(H,32,33,34). The van der Waals surface area contributed by atoms with Crippen molar-refractivity contribution in [3.05, 3.63) is 125 Å². The molecule has 6 rings (SSSR count). The molecular formula is C31H30N6O. The summed E-state index contributed by atoms with van der Waals surface area (Å²) in [5.74, 6) is 0.448. The highest BCUT2D eigenvalue weighted by Crippen LogP contribution is 2.28. The quantitative estimate of drug-likeness (QED) is 0.355. The number of rotatable bonds is 6. The van der Waals surface area contributed by atoms with Crippen LogP contribution < -0.4 is 15.8 Å². The molecule has 3 aromatic carbocycles. The maximum atomic E-state index is 13.4. The SMILES string of the molecule is CN1CCN(c2ccc(Nc3ncc4ccc(=O)n(C(c5ccccc5)c5ccccc5)c4n3)cc2)CC1. The number of hydrogen-bond donors (Lipinski definition) is 1. The number of nitrogens with zero attached hydrogens (tertiary/aromatic N) is 5. The van der Waals surface area contributed by atoms with E-state index < -0.39 is 0 Å². The third kappa shape index (κ3) is 4.88. The van der Waals surface area contributed by atoms with Crippen LogP contribution in [0, 0.1) is 0 Å². The van der Waals surface area contributed by atoms with Crippen molar-refractivity contribution in [3.63, 3.8) is 0 Å². The van der Waals surface area contributed by atoms with Crippen molar-refractivity contribution in [1.29, 1.82) is 0 Å². The van der Waals surface area contributed by atoms with E-state index in [9.17, 15) is 4.79 Å². The van der Waals surface area contributed by atoms with Gasteiger partial charge in [-0.2, -0.15) is 4.98 Å². The summed E-state index contributed by atoms with van der Waals surface area (Å²) >= 11 is 0. The molecule has 1 aliphatic heterocycles. The normalized spacial score (nSPS) is 14.2. The average Bonchev–Trinajstić information content (AvgIpc) is 2.96. The van der Waals surface area contributed by atoms with Crippen molar-refractivity contribution in [2.45, 2.75) is 6.04 Å². The largest absolute Gasteiger partial charge is 0.369 e. The van der Waals surface area contributed by atoms with Crippen LogP contribution in [-0.2, 0) is 0 Å². The zero-order valence-electron chi connectivity index (χ0n) is 21.4. The molecule has 5 aromatic rings. The Morgan fingerprint density at radius 1 is 0.763 bits per heavy atom. The highest BCUT2D eigenvalue weighted by molar-refractivity contribution is 5.76. The van der Waals surface area contributed by atoms with Crippen LogP contribution in [0.3, 0.4) is 0 Å². The number of aromatic nitrogens is 3. The predicted octanol–water partition coefficient (Wildman–Crippen LogP) is 4.92. The second-order valence-electron chi connectivity index (χ2n) is 9.70. The van der Waals surface area contributed by atoms with Gasteiger partial charge in [-0.15, -0.1) is 0 Å². The highest BCUT2D eigenvalue weighted by atomic mass is 16.1. The first-order valence-electron chi connectivity index (χ1n) is 12.9. The number of fused-ring (bicyclic) bond motifs is 1. The molecular weight excluding hydrogens is 472 g/mol. The maximum Gasteiger partial charge on any atom is 0.253 e. The molecule has 0 amide bonds. The predicted molar refractivity (Wildman–Crippen MR) is 153 cm³/mol. The van der Waals surface area contributed by atoms with E-state index >= 15 is 0 Å².